The molecule has 166 valence electrons. The molecule has 1 aromatic heterocycles. The minimum absolute atomic E-state index is 0.243. The van der Waals surface area contributed by atoms with Gasteiger partial charge in [-0.2, -0.15) is 0 Å². The number of anilines is 1. The zero-order valence-corrected chi connectivity index (χ0v) is 18.2. The number of carbonyl (C=O) groups excluding carboxylic acids is 1. The normalized spacial score (nSPS) is 15.1. The number of halogens is 1. The SMILES string of the molecule is COc1cc2nccc(Oc3ccc(NC(=O)NC4CCC4)c(Cl)c3)c2c2c1OCCO2. The fraction of sp³-hybridized carbons (Fsp3) is 0.304. The second-order valence-corrected chi connectivity index (χ2v) is 8.01. The van der Waals surface area contributed by atoms with E-state index in [1.54, 1.807) is 43.6 Å². The van der Waals surface area contributed by atoms with Crippen LogP contribution in [0.25, 0.3) is 10.9 Å². The number of hydrogen-bond acceptors (Lipinski definition) is 6. The molecule has 9 heteroatoms. The van der Waals surface area contributed by atoms with Crippen molar-refractivity contribution < 1.29 is 23.7 Å². The molecule has 32 heavy (non-hydrogen) atoms. The van der Waals surface area contributed by atoms with Crippen molar-refractivity contribution in [2.45, 2.75) is 25.3 Å². The number of amides is 2. The van der Waals surface area contributed by atoms with Crippen LogP contribution in [-0.4, -0.2) is 37.4 Å². The molecule has 0 spiro atoms. The molecule has 1 aliphatic carbocycles. The number of rotatable bonds is 5. The first-order valence-electron chi connectivity index (χ1n) is 10.4. The minimum atomic E-state index is -0.261. The zero-order chi connectivity index (χ0) is 22.1. The van der Waals surface area contributed by atoms with E-state index in [1.807, 2.05) is 0 Å². The fourth-order valence-electron chi connectivity index (χ4n) is 3.69. The number of ether oxygens (including phenoxy) is 4. The Morgan fingerprint density at radius 1 is 1.12 bits per heavy atom. The third-order valence-corrected chi connectivity index (χ3v) is 5.83. The molecule has 1 fully saturated rings. The van der Waals surface area contributed by atoms with Crippen LogP contribution in [0.5, 0.6) is 28.7 Å². The Bertz CT molecular complexity index is 1180. The van der Waals surface area contributed by atoms with Gasteiger partial charge in [-0.1, -0.05) is 11.6 Å². The van der Waals surface area contributed by atoms with Crippen molar-refractivity contribution >= 4 is 34.2 Å². The van der Waals surface area contributed by atoms with Crippen molar-refractivity contribution in [1.82, 2.24) is 10.3 Å². The topological polar surface area (TPSA) is 90.9 Å². The Kier molecular flexibility index (Phi) is 5.53. The lowest BCUT2D eigenvalue weighted by atomic mass is 9.93. The zero-order valence-electron chi connectivity index (χ0n) is 17.4. The van der Waals surface area contributed by atoms with Crippen LogP contribution in [0.2, 0.25) is 5.02 Å². The van der Waals surface area contributed by atoms with Gasteiger partial charge in [0.25, 0.3) is 0 Å². The van der Waals surface area contributed by atoms with Crippen molar-refractivity contribution in [3.63, 3.8) is 0 Å². The predicted molar refractivity (Wildman–Crippen MR) is 121 cm³/mol. The van der Waals surface area contributed by atoms with E-state index in [4.69, 9.17) is 30.5 Å². The molecule has 3 aromatic rings. The summed E-state index contributed by atoms with van der Waals surface area (Å²) in [5, 5.41) is 6.76. The first-order valence-corrected chi connectivity index (χ1v) is 10.8. The van der Waals surface area contributed by atoms with Crippen LogP contribution >= 0.6 is 11.6 Å². The van der Waals surface area contributed by atoms with Gasteiger partial charge in [-0.05, 0) is 37.5 Å². The third-order valence-electron chi connectivity index (χ3n) is 5.52. The molecular formula is C23H22ClN3O5. The van der Waals surface area contributed by atoms with E-state index in [0.29, 0.717) is 63.6 Å². The van der Waals surface area contributed by atoms with Gasteiger partial charge in [0, 0.05) is 24.4 Å². The maximum atomic E-state index is 12.1. The Labute approximate surface area is 189 Å². The summed E-state index contributed by atoms with van der Waals surface area (Å²) in [6.07, 6.45) is 4.82. The smallest absolute Gasteiger partial charge is 0.319 e. The molecule has 2 aromatic carbocycles. The van der Waals surface area contributed by atoms with Crippen molar-refractivity contribution in [3.8, 4) is 28.7 Å². The molecular weight excluding hydrogens is 434 g/mol. The number of carbonyl (C=O) groups is 1. The maximum Gasteiger partial charge on any atom is 0.319 e. The molecule has 0 saturated heterocycles. The lowest BCUT2D eigenvalue weighted by Gasteiger charge is -2.26. The number of methoxy groups -OCH3 is 1. The summed E-state index contributed by atoms with van der Waals surface area (Å²) in [6.45, 7) is 0.850. The molecule has 0 radical (unpaired) electrons. The summed E-state index contributed by atoms with van der Waals surface area (Å²) in [5.74, 6) is 2.66. The number of urea groups is 1. The van der Waals surface area contributed by atoms with Crippen LogP contribution in [0.3, 0.4) is 0 Å². The van der Waals surface area contributed by atoms with Crippen LogP contribution in [0.1, 0.15) is 19.3 Å². The second kappa shape index (κ2) is 8.63. The molecule has 0 unspecified atom stereocenters. The van der Waals surface area contributed by atoms with Gasteiger partial charge in [-0.3, -0.25) is 4.98 Å². The molecule has 0 bridgehead atoms. The summed E-state index contributed by atoms with van der Waals surface area (Å²) < 4.78 is 23.2. The van der Waals surface area contributed by atoms with Gasteiger partial charge in [0.15, 0.2) is 11.5 Å². The predicted octanol–water partition coefficient (Wildman–Crippen LogP) is 5.13. The Hall–Kier alpha value is -3.39. The van der Waals surface area contributed by atoms with E-state index in [-0.39, 0.29) is 12.1 Å². The lowest BCUT2D eigenvalue weighted by Crippen LogP contribution is -2.41. The molecule has 0 atom stereocenters. The molecule has 1 saturated carbocycles. The number of hydrogen-bond donors (Lipinski definition) is 2. The van der Waals surface area contributed by atoms with Gasteiger partial charge in [0.05, 0.1) is 28.7 Å². The van der Waals surface area contributed by atoms with Gasteiger partial charge >= 0.3 is 6.03 Å². The van der Waals surface area contributed by atoms with Crippen LogP contribution in [0.4, 0.5) is 10.5 Å². The van der Waals surface area contributed by atoms with Gasteiger partial charge in [0.2, 0.25) is 5.75 Å². The van der Waals surface area contributed by atoms with E-state index < -0.39 is 0 Å². The maximum absolute atomic E-state index is 12.1. The standard InChI is InChI=1S/C23H22ClN3O5/c1-29-19-12-17-20(22-21(19)30-9-10-31-22)18(7-8-25-17)32-14-5-6-16(15(24)11-14)27-23(28)26-13-3-2-4-13/h5-8,11-13H,2-4,9-10H2,1H3,(H2,26,27,28). The molecule has 2 N–H and O–H groups in total. The molecule has 2 aliphatic rings. The van der Waals surface area contributed by atoms with Gasteiger partial charge in [0.1, 0.15) is 24.7 Å². The highest BCUT2D eigenvalue weighted by Crippen LogP contribution is 2.48. The summed E-state index contributed by atoms with van der Waals surface area (Å²) in [7, 11) is 1.57. The van der Waals surface area contributed by atoms with Crippen LogP contribution in [-0.2, 0) is 0 Å². The average Bonchev–Trinajstić information content (AvgIpc) is 2.77. The quantitative estimate of drug-likeness (QED) is 0.554. The number of nitrogens with one attached hydrogen (secondary N) is 2. The minimum Gasteiger partial charge on any atom is -0.493 e. The summed E-state index contributed by atoms with van der Waals surface area (Å²) in [5.41, 5.74) is 1.16. The van der Waals surface area contributed by atoms with E-state index in [1.165, 1.54) is 0 Å². The van der Waals surface area contributed by atoms with Crippen molar-refractivity contribution in [3.05, 3.63) is 41.6 Å². The third kappa shape index (κ3) is 3.93. The summed E-state index contributed by atoms with van der Waals surface area (Å²) >= 11 is 6.40. The van der Waals surface area contributed by atoms with Gasteiger partial charge in [-0.25, -0.2) is 4.79 Å². The van der Waals surface area contributed by atoms with Gasteiger partial charge < -0.3 is 29.6 Å². The van der Waals surface area contributed by atoms with Gasteiger partial charge in [-0.15, -0.1) is 0 Å². The average molecular weight is 456 g/mol. The first kappa shape index (κ1) is 20.5. The fourth-order valence-corrected chi connectivity index (χ4v) is 3.91. The monoisotopic (exact) mass is 455 g/mol. The number of benzene rings is 2. The molecule has 5 rings (SSSR count). The lowest BCUT2D eigenvalue weighted by molar-refractivity contribution is 0.167. The first-order chi connectivity index (χ1) is 15.6. The number of pyridine rings is 1. The van der Waals surface area contributed by atoms with E-state index in [2.05, 4.69) is 15.6 Å². The van der Waals surface area contributed by atoms with E-state index in [9.17, 15) is 4.79 Å². The van der Waals surface area contributed by atoms with E-state index >= 15 is 0 Å². The second-order valence-electron chi connectivity index (χ2n) is 7.61. The highest BCUT2D eigenvalue weighted by molar-refractivity contribution is 6.33. The summed E-state index contributed by atoms with van der Waals surface area (Å²) in [4.78, 5) is 16.5. The number of aromatic nitrogens is 1. The summed E-state index contributed by atoms with van der Waals surface area (Å²) in [6, 6.07) is 8.62. The van der Waals surface area contributed by atoms with Crippen LogP contribution in [0.15, 0.2) is 36.5 Å². The van der Waals surface area contributed by atoms with Crippen molar-refractivity contribution in [1.29, 1.82) is 0 Å². The number of nitrogens with zero attached hydrogens (tertiary/aromatic N) is 1. The Morgan fingerprint density at radius 2 is 1.94 bits per heavy atom. The number of fused-ring (bicyclic) bond motifs is 3. The van der Waals surface area contributed by atoms with E-state index in [0.717, 1.165) is 19.3 Å². The van der Waals surface area contributed by atoms with Crippen LogP contribution < -0.4 is 29.6 Å². The molecule has 1 aliphatic heterocycles. The van der Waals surface area contributed by atoms with Crippen LogP contribution in [0, 0.1) is 0 Å². The van der Waals surface area contributed by atoms with Crippen molar-refractivity contribution in [2.75, 3.05) is 25.6 Å². The Morgan fingerprint density at radius 3 is 2.66 bits per heavy atom. The molecule has 8 nitrogen and oxygen atoms in total. The molecule has 2 amide bonds. The molecule has 2 heterocycles. The largest absolute Gasteiger partial charge is 0.493 e. The Balaban J connectivity index is 1.42. The highest BCUT2D eigenvalue weighted by Gasteiger charge is 2.24. The highest BCUT2D eigenvalue weighted by atomic mass is 35.5. The van der Waals surface area contributed by atoms with Crippen molar-refractivity contribution in [2.24, 2.45) is 0 Å².